The SMILES string of the molecule is CCc1ccc(-c2nc(C)c(C(=O)NN)s2)cc1. The van der Waals surface area contributed by atoms with Gasteiger partial charge in [0.15, 0.2) is 0 Å². The summed E-state index contributed by atoms with van der Waals surface area (Å²) >= 11 is 1.36. The molecule has 0 bridgehead atoms. The number of nitrogens with one attached hydrogen (secondary N) is 1. The number of nitrogens with two attached hydrogens (primary N) is 1. The highest BCUT2D eigenvalue weighted by Crippen LogP contribution is 2.28. The predicted octanol–water partition coefficient (Wildman–Crippen LogP) is 2.28. The number of hydrogen-bond donors (Lipinski definition) is 2. The summed E-state index contributed by atoms with van der Waals surface area (Å²) in [5.74, 6) is 4.85. The standard InChI is InChI=1S/C13H15N3OS/c1-3-9-4-6-10(7-5-9)13-15-8(2)11(18-13)12(17)16-14/h4-7H,3,14H2,1-2H3,(H,16,17). The Bertz CT molecular complexity index is 560. The molecule has 4 nitrogen and oxygen atoms in total. The van der Waals surface area contributed by atoms with Crippen LogP contribution in [0.2, 0.25) is 0 Å². The van der Waals surface area contributed by atoms with Crippen LogP contribution in [-0.4, -0.2) is 10.9 Å². The van der Waals surface area contributed by atoms with Crippen molar-refractivity contribution < 1.29 is 4.79 Å². The van der Waals surface area contributed by atoms with E-state index in [2.05, 4.69) is 29.5 Å². The van der Waals surface area contributed by atoms with Gasteiger partial charge >= 0.3 is 0 Å². The summed E-state index contributed by atoms with van der Waals surface area (Å²) in [6, 6.07) is 8.21. The van der Waals surface area contributed by atoms with Gasteiger partial charge in [0.2, 0.25) is 0 Å². The zero-order valence-corrected chi connectivity index (χ0v) is 11.2. The molecule has 5 heteroatoms. The molecule has 1 heterocycles. The molecule has 1 aromatic carbocycles. The summed E-state index contributed by atoms with van der Waals surface area (Å²) in [5.41, 5.74) is 5.15. The number of benzene rings is 1. The van der Waals surface area contributed by atoms with Gasteiger partial charge in [0.1, 0.15) is 9.88 Å². The summed E-state index contributed by atoms with van der Waals surface area (Å²) in [4.78, 5) is 16.5. The van der Waals surface area contributed by atoms with Crippen LogP contribution < -0.4 is 11.3 Å². The summed E-state index contributed by atoms with van der Waals surface area (Å²) in [7, 11) is 0. The van der Waals surface area contributed by atoms with E-state index in [0.717, 1.165) is 17.0 Å². The zero-order valence-electron chi connectivity index (χ0n) is 10.4. The molecule has 0 unspecified atom stereocenters. The smallest absolute Gasteiger partial charge is 0.277 e. The Labute approximate surface area is 110 Å². The van der Waals surface area contributed by atoms with E-state index >= 15 is 0 Å². The molecule has 2 rings (SSSR count). The Morgan fingerprint density at radius 2 is 2.06 bits per heavy atom. The fourth-order valence-electron chi connectivity index (χ4n) is 1.68. The first kappa shape index (κ1) is 12.7. The number of amides is 1. The van der Waals surface area contributed by atoms with E-state index < -0.39 is 0 Å². The number of thiazole rings is 1. The molecule has 0 spiro atoms. The third kappa shape index (κ3) is 2.42. The summed E-state index contributed by atoms with van der Waals surface area (Å²) in [6.45, 7) is 3.93. The minimum absolute atomic E-state index is 0.290. The molecular weight excluding hydrogens is 246 g/mol. The lowest BCUT2D eigenvalue weighted by Gasteiger charge is -1.98. The number of hydrogen-bond acceptors (Lipinski definition) is 4. The van der Waals surface area contributed by atoms with Crippen LogP contribution in [0, 0.1) is 6.92 Å². The van der Waals surface area contributed by atoms with Gasteiger partial charge in [-0.2, -0.15) is 0 Å². The Morgan fingerprint density at radius 3 is 2.61 bits per heavy atom. The van der Waals surface area contributed by atoms with Crippen molar-refractivity contribution in [3.8, 4) is 10.6 Å². The second kappa shape index (κ2) is 5.29. The molecular formula is C13H15N3OS. The summed E-state index contributed by atoms with van der Waals surface area (Å²) in [6.07, 6.45) is 1.01. The molecule has 18 heavy (non-hydrogen) atoms. The largest absolute Gasteiger partial charge is 0.289 e. The van der Waals surface area contributed by atoms with E-state index in [0.29, 0.717) is 10.6 Å². The quantitative estimate of drug-likeness (QED) is 0.506. The number of aryl methyl sites for hydroxylation is 2. The molecule has 3 N–H and O–H groups in total. The summed E-state index contributed by atoms with van der Waals surface area (Å²) in [5, 5.41) is 0.841. The fourth-order valence-corrected chi connectivity index (χ4v) is 2.65. The Morgan fingerprint density at radius 1 is 1.39 bits per heavy atom. The molecule has 0 radical (unpaired) electrons. The van der Waals surface area contributed by atoms with Gasteiger partial charge in [-0.05, 0) is 18.9 Å². The van der Waals surface area contributed by atoms with Gasteiger partial charge in [-0.1, -0.05) is 31.2 Å². The average molecular weight is 261 g/mol. The lowest BCUT2D eigenvalue weighted by molar-refractivity contribution is 0.0957. The molecule has 0 saturated heterocycles. The van der Waals surface area contributed by atoms with Gasteiger partial charge in [-0.15, -0.1) is 11.3 Å². The normalized spacial score (nSPS) is 10.4. The zero-order chi connectivity index (χ0) is 13.1. The van der Waals surface area contributed by atoms with E-state index in [1.54, 1.807) is 0 Å². The van der Waals surface area contributed by atoms with Crippen molar-refractivity contribution in [2.45, 2.75) is 20.3 Å². The number of hydrazine groups is 1. The van der Waals surface area contributed by atoms with Crippen LogP contribution >= 0.6 is 11.3 Å². The number of nitrogens with zero attached hydrogens (tertiary/aromatic N) is 1. The molecule has 0 saturated carbocycles. The van der Waals surface area contributed by atoms with Crippen LogP contribution in [0.5, 0.6) is 0 Å². The van der Waals surface area contributed by atoms with Crippen LogP contribution in [0.1, 0.15) is 27.9 Å². The second-order valence-corrected chi connectivity index (χ2v) is 4.96. The van der Waals surface area contributed by atoms with Crippen molar-refractivity contribution in [3.05, 3.63) is 40.4 Å². The van der Waals surface area contributed by atoms with Crippen molar-refractivity contribution in [2.24, 2.45) is 5.84 Å². The number of nitrogen functional groups attached to an aromatic ring is 1. The van der Waals surface area contributed by atoms with Gasteiger partial charge in [-0.25, -0.2) is 10.8 Å². The molecule has 0 atom stereocenters. The Kier molecular flexibility index (Phi) is 3.74. The Balaban J connectivity index is 2.36. The number of rotatable bonds is 3. The van der Waals surface area contributed by atoms with E-state index in [1.165, 1.54) is 16.9 Å². The number of carbonyl (C=O) groups excluding carboxylic acids is 1. The fraction of sp³-hybridized carbons (Fsp3) is 0.231. The van der Waals surface area contributed by atoms with Crippen LogP contribution in [0.15, 0.2) is 24.3 Å². The monoisotopic (exact) mass is 261 g/mol. The maximum absolute atomic E-state index is 11.5. The molecule has 1 amide bonds. The van der Waals surface area contributed by atoms with Crippen molar-refractivity contribution in [3.63, 3.8) is 0 Å². The third-order valence-electron chi connectivity index (χ3n) is 2.74. The molecule has 94 valence electrons. The predicted molar refractivity (Wildman–Crippen MR) is 73.3 cm³/mol. The molecule has 0 aliphatic carbocycles. The number of carbonyl (C=O) groups is 1. The Hall–Kier alpha value is -1.72. The second-order valence-electron chi connectivity index (χ2n) is 3.96. The van der Waals surface area contributed by atoms with Crippen LogP contribution in [0.3, 0.4) is 0 Å². The third-order valence-corrected chi connectivity index (χ3v) is 3.95. The van der Waals surface area contributed by atoms with E-state index in [4.69, 9.17) is 5.84 Å². The van der Waals surface area contributed by atoms with E-state index in [9.17, 15) is 4.79 Å². The highest BCUT2D eigenvalue weighted by molar-refractivity contribution is 7.17. The van der Waals surface area contributed by atoms with Crippen molar-refractivity contribution >= 4 is 17.2 Å². The molecule has 0 fully saturated rings. The first-order chi connectivity index (χ1) is 8.65. The minimum atomic E-state index is -0.290. The van der Waals surface area contributed by atoms with Gasteiger partial charge in [0, 0.05) is 5.56 Å². The van der Waals surface area contributed by atoms with E-state index in [-0.39, 0.29) is 5.91 Å². The molecule has 2 aromatic rings. The van der Waals surface area contributed by atoms with Crippen molar-refractivity contribution in [1.29, 1.82) is 0 Å². The average Bonchev–Trinajstić information content (AvgIpc) is 2.80. The first-order valence-corrected chi connectivity index (χ1v) is 6.55. The van der Waals surface area contributed by atoms with Crippen LogP contribution in [-0.2, 0) is 6.42 Å². The topological polar surface area (TPSA) is 68.0 Å². The highest BCUT2D eigenvalue weighted by atomic mass is 32.1. The van der Waals surface area contributed by atoms with Crippen LogP contribution in [0.25, 0.3) is 10.6 Å². The first-order valence-electron chi connectivity index (χ1n) is 5.73. The van der Waals surface area contributed by atoms with E-state index in [1.807, 2.05) is 19.1 Å². The molecule has 0 aliphatic heterocycles. The van der Waals surface area contributed by atoms with Crippen LogP contribution in [0.4, 0.5) is 0 Å². The lowest BCUT2D eigenvalue weighted by atomic mass is 10.1. The number of aromatic nitrogens is 1. The minimum Gasteiger partial charge on any atom is -0.289 e. The van der Waals surface area contributed by atoms with Gasteiger partial charge < -0.3 is 0 Å². The van der Waals surface area contributed by atoms with Gasteiger partial charge in [0.05, 0.1) is 5.69 Å². The summed E-state index contributed by atoms with van der Waals surface area (Å²) < 4.78 is 0. The van der Waals surface area contributed by atoms with Crippen molar-refractivity contribution in [1.82, 2.24) is 10.4 Å². The van der Waals surface area contributed by atoms with Gasteiger partial charge in [-0.3, -0.25) is 10.2 Å². The molecule has 1 aromatic heterocycles. The lowest BCUT2D eigenvalue weighted by Crippen LogP contribution is -2.29. The molecule has 0 aliphatic rings. The van der Waals surface area contributed by atoms with Crippen molar-refractivity contribution in [2.75, 3.05) is 0 Å². The highest BCUT2D eigenvalue weighted by Gasteiger charge is 2.14. The van der Waals surface area contributed by atoms with Gasteiger partial charge in [0.25, 0.3) is 5.91 Å². The maximum Gasteiger partial charge on any atom is 0.277 e. The maximum atomic E-state index is 11.5.